The van der Waals surface area contributed by atoms with Crippen molar-refractivity contribution < 1.29 is 9.90 Å². The van der Waals surface area contributed by atoms with Crippen molar-refractivity contribution in [3.05, 3.63) is 48.3 Å². The Balaban J connectivity index is 2.58. The van der Waals surface area contributed by atoms with Crippen LogP contribution in [0.3, 0.4) is 0 Å². The number of phenolic OH excluding ortho intramolecular Hbond substituents is 1. The lowest BCUT2D eigenvalue weighted by atomic mass is 10.0. The second-order valence-electron chi connectivity index (χ2n) is 3.13. The van der Waals surface area contributed by atoms with Crippen molar-refractivity contribution in [2.45, 2.75) is 0 Å². The number of rotatable bonds is 2. The molecule has 0 aliphatic carbocycles. The molecule has 2 aromatic rings. The van der Waals surface area contributed by atoms with Gasteiger partial charge in [-0.3, -0.25) is 9.78 Å². The van der Waals surface area contributed by atoms with Crippen LogP contribution >= 0.6 is 0 Å². The van der Waals surface area contributed by atoms with E-state index in [1.807, 2.05) is 6.07 Å². The standard InChI is InChI=1S/C12H9NO2/c14-8-10-6-11(15)3-4-12(10)9-2-1-5-13-7-9/h1-8,15H. The van der Waals surface area contributed by atoms with Crippen LogP contribution in [0.2, 0.25) is 0 Å². The van der Waals surface area contributed by atoms with Crippen molar-refractivity contribution >= 4 is 6.29 Å². The lowest BCUT2D eigenvalue weighted by molar-refractivity contribution is 0.112. The SMILES string of the molecule is O=Cc1cc(O)ccc1-c1cccnc1. The van der Waals surface area contributed by atoms with Crippen LogP contribution in [0.5, 0.6) is 5.75 Å². The second kappa shape index (κ2) is 3.92. The highest BCUT2D eigenvalue weighted by molar-refractivity contribution is 5.87. The fourth-order valence-electron chi connectivity index (χ4n) is 1.43. The fourth-order valence-corrected chi connectivity index (χ4v) is 1.43. The Kier molecular flexibility index (Phi) is 2.46. The maximum Gasteiger partial charge on any atom is 0.150 e. The molecule has 0 amide bonds. The van der Waals surface area contributed by atoms with Gasteiger partial charge in [-0.15, -0.1) is 0 Å². The molecule has 3 heteroatoms. The number of carbonyl (C=O) groups is 1. The van der Waals surface area contributed by atoms with Gasteiger partial charge in [0.15, 0.2) is 6.29 Å². The van der Waals surface area contributed by atoms with Gasteiger partial charge in [-0.1, -0.05) is 6.07 Å². The summed E-state index contributed by atoms with van der Waals surface area (Å²) in [6.07, 6.45) is 4.08. The molecule has 1 N–H and O–H groups in total. The largest absolute Gasteiger partial charge is 0.508 e. The van der Waals surface area contributed by atoms with Crippen LogP contribution in [0.25, 0.3) is 11.1 Å². The number of aldehydes is 1. The number of benzene rings is 1. The number of carbonyl (C=O) groups excluding carboxylic acids is 1. The molecule has 0 saturated carbocycles. The third-order valence-corrected chi connectivity index (χ3v) is 2.13. The number of nitrogens with zero attached hydrogens (tertiary/aromatic N) is 1. The summed E-state index contributed by atoms with van der Waals surface area (Å²) in [6.45, 7) is 0. The summed E-state index contributed by atoms with van der Waals surface area (Å²) in [5.41, 5.74) is 2.10. The van der Waals surface area contributed by atoms with Crippen LogP contribution in [0, 0.1) is 0 Å². The summed E-state index contributed by atoms with van der Waals surface area (Å²) in [7, 11) is 0. The molecule has 1 aromatic carbocycles. The topological polar surface area (TPSA) is 50.2 Å². The van der Waals surface area contributed by atoms with Gasteiger partial charge in [0.2, 0.25) is 0 Å². The Hall–Kier alpha value is -2.16. The van der Waals surface area contributed by atoms with Gasteiger partial charge in [-0.2, -0.15) is 0 Å². The van der Waals surface area contributed by atoms with Crippen molar-refractivity contribution in [2.75, 3.05) is 0 Å². The van der Waals surface area contributed by atoms with E-state index in [2.05, 4.69) is 4.98 Å². The predicted octanol–water partition coefficient (Wildman–Crippen LogP) is 2.27. The van der Waals surface area contributed by atoms with E-state index in [9.17, 15) is 9.90 Å². The number of aromatic nitrogens is 1. The van der Waals surface area contributed by atoms with Crippen LogP contribution in [0.15, 0.2) is 42.7 Å². The first-order chi connectivity index (χ1) is 7.31. The van der Waals surface area contributed by atoms with E-state index in [-0.39, 0.29) is 5.75 Å². The van der Waals surface area contributed by atoms with Gasteiger partial charge in [-0.25, -0.2) is 0 Å². The number of hydrogen-bond acceptors (Lipinski definition) is 3. The third kappa shape index (κ3) is 1.86. The van der Waals surface area contributed by atoms with Crippen molar-refractivity contribution in [3.8, 4) is 16.9 Å². The summed E-state index contributed by atoms with van der Waals surface area (Å²) in [6, 6.07) is 8.36. The van der Waals surface area contributed by atoms with Crippen LogP contribution in [0.1, 0.15) is 10.4 Å². The van der Waals surface area contributed by atoms with Crippen molar-refractivity contribution in [1.29, 1.82) is 0 Å². The number of phenols is 1. The zero-order valence-corrected chi connectivity index (χ0v) is 7.92. The molecule has 0 spiro atoms. The van der Waals surface area contributed by atoms with Crippen LogP contribution < -0.4 is 0 Å². The summed E-state index contributed by atoms with van der Waals surface area (Å²) >= 11 is 0. The van der Waals surface area contributed by atoms with Crippen molar-refractivity contribution in [1.82, 2.24) is 4.98 Å². The molecule has 2 rings (SSSR count). The van der Waals surface area contributed by atoms with E-state index < -0.39 is 0 Å². The Labute approximate surface area is 87.0 Å². The fraction of sp³-hybridized carbons (Fsp3) is 0. The molecule has 1 heterocycles. The maximum atomic E-state index is 10.8. The predicted molar refractivity (Wildman–Crippen MR) is 56.7 cm³/mol. The molecule has 0 bridgehead atoms. The molecule has 0 fully saturated rings. The minimum atomic E-state index is 0.0877. The lowest BCUT2D eigenvalue weighted by Crippen LogP contribution is -1.87. The summed E-state index contributed by atoms with van der Waals surface area (Å²) in [5, 5.41) is 9.24. The van der Waals surface area contributed by atoms with Gasteiger partial charge in [-0.05, 0) is 29.8 Å². The van der Waals surface area contributed by atoms with Gasteiger partial charge in [0, 0.05) is 23.5 Å². The molecule has 74 valence electrons. The van der Waals surface area contributed by atoms with Crippen LogP contribution in [0.4, 0.5) is 0 Å². The number of aromatic hydroxyl groups is 1. The molecule has 0 aliphatic heterocycles. The Morgan fingerprint density at radius 3 is 2.80 bits per heavy atom. The molecule has 1 aromatic heterocycles. The minimum absolute atomic E-state index is 0.0877. The molecular weight excluding hydrogens is 190 g/mol. The normalized spacial score (nSPS) is 9.87. The average molecular weight is 199 g/mol. The average Bonchev–Trinajstić information content (AvgIpc) is 2.30. The van der Waals surface area contributed by atoms with Crippen LogP contribution in [-0.2, 0) is 0 Å². The van der Waals surface area contributed by atoms with E-state index in [0.29, 0.717) is 5.56 Å². The van der Waals surface area contributed by atoms with Gasteiger partial charge in [0.25, 0.3) is 0 Å². The van der Waals surface area contributed by atoms with Gasteiger partial charge in [0.1, 0.15) is 5.75 Å². The summed E-state index contributed by atoms with van der Waals surface area (Å²) in [4.78, 5) is 14.8. The van der Waals surface area contributed by atoms with E-state index >= 15 is 0 Å². The quantitative estimate of drug-likeness (QED) is 0.755. The zero-order chi connectivity index (χ0) is 10.7. The summed E-state index contributed by atoms with van der Waals surface area (Å²) in [5.74, 6) is 0.0877. The maximum absolute atomic E-state index is 10.8. The highest BCUT2D eigenvalue weighted by Gasteiger charge is 2.04. The molecule has 15 heavy (non-hydrogen) atoms. The number of pyridine rings is 1. The molecular formula is C12H9NO2. The van der Waals surface area contributed by atoms with Crippen molar-refractivity contribution in [3.63, 3.8) is 0 Å². The molecule has 0 saturated heterocycles. The van der Waals surface area contributed by atoms with Crippen molar-refractivity contribution in [2.24, 2.45) is 0 Å². The Bertz CT molecular complexity index is 480. The smallest absolute Gasteiger partial charge is 0.150 e. The number of hydrogen-bond donors (Lipinski definition) is 1. The first-order valence-electron chi connectivity index (χ1n) is 4.50. The highest BCUT2D eigenvalue weighted by Crippen LogP contribution is 2.24. The molecule has 0 unspecified atom stereocenters. The summed E-state index contributed by atoms with van der Waals surface area (Å²) < 4.78 is 0. The monoisotopic (exact) mass is 199 g/mol. The van der Waals surface area contributed by atoms with Gasteiger partial charge < -0.3 is 5.11 Å². The first-order valence-corrected chi connectivity index (χ1v) is 4.50. The Morgan fingerprint density at radius 2 is 2.13 bits per heavy atom. The van der Waals surface area contributed by atoms with E-state index in [1.54, 1.807) is 30.6 Å². The highest BCUT2D eigenvalue weighted by atomic mass is 16.3. The zero-order valence-electron chi connectivity index (χ0n) is 7.92. The van der Waals surface area contributed by atoms with Gasteiger partial charge in [0.05, 0.1) is 0 Å². The Morgan fingerprint density at radius 1 is 1.27 bits per heavy atom. The molecule has 0 atom stereocenters. The van der Waals surface area contributed by atoms with E-state index in [1.165, 1.54) is 6.07 Å². The minimum Gasteiger partial charge on any atom is -0.508 e. The first kappa shape index (κ1) is 9.40. The van der Waals surface area contributed by atoms with E-state index in [4.69, 9.17) is 0 Å². The second-order valence-corrected chi connectivity index (χ2v) is 3.13. The van der Waals surface area contributed by atoms with Gasteiger partial charge >= 0.3 is 0 Å². The third-order valence-electron chi connectivity index (χ3n) is 2.13. The van der Waals surface area contributed by atoms with Crippen LogP contribution in [-0.4, -0.2) is 16.4 Å². The molecule has 0 radical (unpaired) electrons. The van der Waals surface area contributed by atoms with E-state index in [0.717, 1.165) is 17.4 Å². The molecule has 3 nitrogen and oxygen atoms in total. The molecule has 0 aliphatic rings. The lowest BCUT2D eigenvalue weighted by Gasteiger charge is -2.04.